The van der Waals surface area contributed by atoms with Crippen LogP contribution >= 0.6 is 0 Å². The smallest absolute Gasteiger partial charge is 0.414 e. The molecule has 0 bridgehead atoms. The van der Waals surface area contributed by atoms with E-state index in [1.165, 1.54) is 38.5 Å². The van der Waals surface area contributed by atoms with Crippen molar-refractivity contribution in [1.82, 2.24) is 5.32 Å². The molecule has 1 aliphatic rings. The van der Waals surface area contributed by atoms with Crippen LogP contribution in [0.15, 0.2) is 12.1 Å². The number of carbonyl (C=O) groups is 2. The second-order valence-electron chi connectivity index (χ2n) is 6.21. The first-order chi connectivity index (χ1) is 12.9. The van der Waals surface area contributed by atoms with Crippen molar-refractivity contribution in [3.8, 4) is 17.2 Å². The van der Waals surface area contributed by atoms with Gasteiger partial charge in [-0.25, -0.2) is 9.59 Å². The monoisotopic (exact) mass is 383 g/mol. The van der Waals surface area contributed by atoms with Gasteiger partial charge in [-0.2, -0.15) is 0 Å². The maximum absolute atomic E-state index is 9.10. The highest BCUT2D eigenvalue weighted by Gasteiger charge is 2.15. The Balaban J connectivity index is 0.000000527. The first-order valence-electron chi connectivity index (χ1n) is 8.91. The second kappa shape index (κ2) is 12.0. The molecule has 0 atom stereocenters. The zero-order chi connectivity index (χ0) is 20.2. The third-order valence-electron chi connectivity index (χ3n) is 4.36. The first-order valence-corrected chi connectivity index (χ1v) is 8.91. The molecule has 1 saturated carbocycles. The molecule has 0 aliphatic heterocycles. The molecule has 0 radical (unpaired) electrons. The van der Waals surface area contributed by atoms with Gasteiger partial charge in [0.1, 0.15) is 0 Å². The number of carboxylic acids is 2. The van der Waals surface area contributed by atoms with Crippen molar-refractivity contribution in [3.05, 3.63) is 17.7 Å². The maximum atomic E-state index is 9.10. The minimum atomic E-state index is -1.82. The van der Waals surface area contributed by atoms with Crippen LogP contribution in [-0.4, -0.2) is 49.5 Å². The van der Waals surface area contributed by atoms with Gasteiger partial charge in [0.2, 0.25) is 5.75 Å². The molecule has 2 rings (SSSR count). The van der Waals surface area contributed by atoms with Gasteiger partial charge in [-0.05, 0) is 30.5 Å². The molecule has 0 heterocycles. The van der Waals surface area contributed by atoms with Gasteiger partial charge in [0.25, 0.3) is 0 Å². The van der Waals surface area contributed by atoms with Crippen molar-refractivity contribution in [3.63, 3.8) is 0 Å². The van der Waals surface area contributed by atoms with E-state index in [4.69, 9.17) is 34.0 Å². The summed E-state index contributed by atoms with van der Waals surface area (Å²) in [6.45, 7) is 0.835. The van der Waals surface area contributed by atoms with E-state index in [1.54, 1.807) is 21.3 Å². The van der Waals surface area contributed by atoms with E-state index in [2.05, 4.69) is 5.32 Å². The fourth-order valence-electron chi connectivity index (χ4n) is 2.98. The summed E-state index contributed by atoms with van der Waals surface area (Å²) in [5.74, 6) is -1.56. The number of ether oxygens (including phenoxy) is 3. The van der Waals surface area contributed by atoms with Gasteiger partial charge >= 0.3 is 11.9 Å². The zero-order valence-corrected chi connectivity index (χ0v) is 16.1. The summed E-state index contributed by atoms with van der Waals surface area (Å²) in [4.78, 5) is 18.2. The number of methoxy groups -OCH3 is 3. The number of benzene rings is 1. The molecule has 8 nitrogen and oxygen atoms in total. The molecular weight excluding hydrogens is 354 g/mol. The Morgan fingerprint density at radius 1 is 0.926 bits per heavy atom. The summed E-state index contributed by atoms with van der Waals surface area (Å²) in [6, 6.07) is 4.67. The predicted octanol–water partition coefficient (Wildman–Crippen LogP) is 2.68. The molecule has 1 aliphatic carbocycles. The molecule has 3 N–H and O–H groups in total. The van der Waals surface area contributed by atoms with Crippen LogP contribution < -0.4 is 19.5 Å². The molecule has 0 spiro atoms. The van der Waals surface area contributed by atoms with Gasteiger partial charge < -0.3 is 29.7 Å². The molecule has 152 valence electrons. The Morgan fingerprint density at radius 3 is 1.78 bits per heavy atom. The Morgan fingerprint density at radius 2 is 1.41 bits per heavy atom. The van der Waals surface area contributed by atoms with E-state index in [0.29, 0.717) is 11.8 Å². The SMILES string of the molecule is COc1cc(CNC2CCCCCC2)cc(OC)c1OC.O=C(O)C(=O)O. The van der Waals surface area contributed by atoms with Gasteiger partial charge in [0, 0.05) is 12.6 Å². The number of nitrogens with one attached hydrogen (secondary N) is 1. The van der Waals surface area contributed by atoms with E-state index >= 15 is 0 Å². The van der Waals surface area contributed by atoms with Crippen LogP contribution in [0.3, 0.4) is 0 Å². The number of aliphatic carboxylic acids is 2. The van der Waals surface area contributed by atoms with Crippen molar-refractivity contribution < 1.29 is 34.0 Å². The summed E-state index contributed by atoms with van der Waals surface area (Å²) in [6.07, 6.45) is 8.00. The molecular formula is C19H29NO7. The lowest BCUT2D eigenvalue weighted by molar-refractivity contribution is -0.159. The summed E-state index contributed by atoms with van der Waals surface area (Å²) in [7, 11) is 4.93. The van der Waals surface area contributed by atoms with Gasteiger partial charge in [-0.3, -0.25) is 0 Å². The fraction of sp³-hybridized carbons (Fsp3) is 0.579. The minimum Gasteiger partial charge on any atom is -0.493 e. The van der Waals surface area contributed by atoms with E-state index in [1.807, 2.05) is 12.1 Å². The number of hydrogen-bond acceptors (Lipinski definition) is 6. The highest BCUT2D eigenvalue weighted by Crippen LogP contribution is 2.38. The highest BCUT2D eigenvalue weighted by molar-refractivity contribution is 6.27. The van der Waals surface area contributed by atoms with Crippen molar-refractivity contribution >= 4 is 11.9 Å². The van der Waals surface area contributed by atoms with Crippen molar-refractivity contribution in [1.29, 1.82) is 0 Å². The van der Waals surface area contributed by atoms with Gasteiger partial charge in [-0.1, -0.05) is 25.7 Å². The first kappa shape index (κ1) is 22.6. The topological polar surface area (TPSA) is 114 Å². The van der Waals surface area contributed by atoms with Gasteiger partial charge in [0.05, 0.1) is 21.3 Å². The maximum Gasteiger partial charge on any atom is 0.414 e. The van der Waals surface area contributed by atoms with Crippen LogP contribution in [0.1, 0.15) is 44.1 Å². The summed E-state index contributed by atoms with van der Waals surface area (Å²) in [5.41, 5.74) is 1.16. The molecule has 0 aromatic heterocycles. The average molecular weight is 383 g/mol. The number of carboxylic acid groups (broad SMARTS) is 2. The van der Waals surface area contributed by atoms with Gasteiger partial charge in [0.15, 0.2) is 11.5 Å². The normalized spacial score (nSPS) is 14.3. The van der Waals surface area contributed by atoms with Crippen LogP contribution in [0.2, 0.25) is 0 Å². The van der Waals surface area contributed by atoms with Gasteiger partial charge in [-0.15, -0.1) is 0 Å². The van der Waals surface area contributed by atoms with Crippen LogP contribution in [-0.2, 0) is 16.1 Å². The third kappa shape index (κ3) is 7.74. The lowest BCUT2D eigenvalue weighted by atomic mass is 10.1. The quantitative estimate of drug-likeness (QED) is 0.507. The summed E-state index contributed by atoms with van der Waals surface area (Å²) in [5, 5.41) is 18.4. The Bertz CT molecular complexity index is 573. The predicted molar refractivity (Wildman–Crippen MR) is 99.7 cm³/mol. The van der Waals surface area contributed by atoms with Crippen LogP contribution in [0, 0.1) is 0 Å². The van der Waals surface area contributed by atoms with E-state index in [-0.39, 0.29) is 0 Å². The standard InChI is InChI=1S/C17H27NO3.C2H2O4/c1-19-15-10-13(11-16(20-2)17(15)21-3)12-18-14-8-6-4-5-7-9-14;3-1(4)2(5)6/h10-11,14,18H,4-9,12H2,1-3H3;(H,3,4)(H,5,6). The molecule has 27 heavy (non-hydrogen) atoms. The molecule has 8 heteroatoms. The Labute approximate surface area is 159 Å². The Hall–Kier alpha value is -2.48. The van der Waals surface area contributed by atoms with Crippen molar-refractivity contribution in [2.24, 2.45) is 0 Å². The summed E-state index contributed by atoms with van der Waals surface area (Å²) >= 11 is 0. The molecule has 1 aromatic carbocycles. The molecule has 0 amide bonds. The minimum absolute atomic E-state index is 0.631. The lowest BCUT2D eigenvalue weighted by Gasteiger charge is -2.18. The van der Waals surface area contributed by atoms with Crippen LogP contribution in [0.4, 0.5) is 0 Å². The largest absolute Gasteiger partial charge is 0.493 e. The lowest BCUT2D eigenvalue weighted by Crippen LogP contribution is -2.27. The average Bonchev–Trinajstić information content (AvgIpc) is 2.94. The molecule has 1 fully saturated rings. The van der Waals surface area contributed by atoms with Crippen molar-refractivity contribution in [2.75, 3.05) is 21.3 Å². The van der Waals surface area contributed by atoms with Crippen LogP contribution in [0.25, 0.3) is 0 Å². The molecule has 0 unspecified atom stereocenters. The van der Waals surface area contributed by atoms with E-state index in [9.17, 15) is 0 Å². The number of rotatable bonds is 6. The van der Waals surface area contributed by atoms with E-state index in [0.717, 1.165) is 23.6 Å². The van der Waals surface area contributed by atoms with Crippen LogP contribution in [0.5, 0.6) is 17.2 Å². The highest BCUT2D eigenvalue weighted by atomic mass is 16.5. The number of hydrogen-bond donors (Lipinski definition) is 3. The third-order valence-corrected chi connectivity index (χ3v) is 4.36. The van der Waals surface area contributed by atoms with Crippen molar-refractivity contribution in [2.45, 2.75) is 51.1 Å². The van der Waals surface area contributed by atoms with E-state index < -0.39 is 11.9 Å². The zero-order valence-electron chi connectivity index (χ0n) is 16.1. The second-order valence-corrected chi connectivity index (χ2v) is 6.21. The molecule has 1 aromatic rings. The molecule has 0 saturated heterocycles. The fourth-order valence-corrected chi connectivity index (χ4v) is 2.98. The summed E-state index contributed by atoms with van der Waals surface area (Å²) < 4.78 is 16.2. The Kier molecular flexibility index (Phi) is 10.0.